The SMILES string of the molecule is Cc1nc2nc(C)c3c(=O)n(CCCN4CCOCC4)ccc3n2n1. The molecule has 0 atom stereocenters. The Morgan fingerprint density at radius 2 is 1.96 bits per heavy atom. The third-order valence-corrected chi connectivity index (χ3v) is 4.67. The Morgan fingerprint density at radius 1 is 1.16 bits per heavy atom. The van der Waals surface area contributed by atoms with Crippen LogP contribution in [0.2, 0.25) is 0 Å². The van der Waals surface area contributed by atoms with Crippen LogP contribution in [-0.4, -0.2) is 61.9 Å². The number of hydrogen-bond donors (Lipinski definition) is 0. The van der Waals surface area contributed by atoms with Crippen LogP contribution in [0.15, 0.2) is 17.1 Å². The van der Waals surface area contributed by atoms with Gasteiger partial charge in [-0.1, -0.05) is 0 Å². The third-order valence-electron chi connectivity index (χ3n) is 4.67. The minimum Gasteiger partial charge on any atom is -0.379 e. The predicted octanol–water partition coefficient (Wildman–Crippen LogP) is 0.778. The van der Waals surface area contributed by atoms with Crippen molar-refractivity contribution in [1.29, 1.82) is 0 Å². The first-order valence-corrected chi connectivity index (χ1v) is 8.67. The lowest BCUT2D eigenvalue weighted by molar-refractivity contribution is 0.0369. The number of hydrogen-bond acceptors (Lipinski definition) is 6. The summed E-state index contributed by atoms with van der Waals surface area (Å²) in [4.78, 5) is 24.0. The van der Waals surface area contributed by atoms with Gasteiger partial charge in [0.1, 0.15) is 5.82 Å². The molecule has 0 radical (unpaired) electrons. The Balaban J connectivity index is 1.62. The highest BCUT2D eigenvalue weighted by molar-refractivity contribution is 5.81. The van der Waals surface area contributed by atoms with E-state index in [1.807, 2.05) is 26.1 Å². The summed E-state index contributed by atoms with van der Waals surface area (Å²) in [5, 5.41) is 4.97. The second kappa shape index (κ2) is 6.53. The minimum atomic E-state index is -0.0143. The molecule has 0 aromatic carbocycles. The van der Waals surface area contributed by atoms with Crippen LogP contribution in [0.3, 0.4) is 0 Å². The molecule has 0 N–H and O–H groups in total. The number of ether oxygens (including phenoxy) is 1. The van der Waals surface area contributed by atoms with Crippen LogP contribution in [0.25, 0.3) is 16.7 Å². The van der Waals surface area contributed by atoms with Crippen LogP contribution in [0.5, 0.6) is 0 Å². The van der Waals surface area contributed by atoms with Crippen molar-refractivity contribution in [3.8, 4) is 0 Å². The topological polar surface area (TPSA) is 77.5 Å². The van der Waals surface area contributed by atoms with Crippen molar-refractivity contribution >= 4 is 16.7 Å². The highest BCUT2D eigenvalue weighted by Gasteiger charge is 2.14. The van der Waals surface area contributed by atoms with E-state index in [0.29, 0.717) is 29.2 Å². The second-order valence-corrected chi connectivity index (χ2v) is 6.45. The Labute approximate surface area is 145 Å². The van der Waals surface area contributed by atoms with E-state index >= 15 is 0 Å². The van der Waals surface area contributed by atoms with E-state index in [1.165, 1.54) is 0 Å². The van der Waals surface area contributed by atoms with Crippen LogP contribution < -0.4 is 5.56 Å². The molecule has 0 spiro atoms. The van der Waals surface area contributed by atoms with Crippen LogP contribution in [0, 0.1) is 13.8 Å². The summed E-state index contributed by atoms with van der Waals surface area (Å²) < 4.78 is 8.79. The molecular weight excluding hydrogens is 320 g/mol. The summed E-state index contributed by atoms with van der Waals surface area (Å²) in [5.41, 5.74) is 1.44. The van der Waals surface area contributed by atoms with E-state index in [-0.39, 0.29) is 5.56 Å². The lowest BCUT2D eigenvalue weighted by atomic mass is 10.2. The first kappa shape index (κ1) is 16.2. The Hall–Kier alpha value is -2.32. The van der Waals surface area contributed by atoms with Crippen LogP contribution in [-0.2, 0) is 11.3 Å². The highest BCUT2D eigenvalue weighted by Crippen LogP contribution is 2.14. The van der Waals surface area contributed by atoms with Gasteiger partial charge in [-0.25, -0.2) is 4.98 Å². The van der Waals surface area contributed by atoms with Gasteiger partial charge in [0.25, 0.3) is 11.3 Å². The highest BCUT2D eigenvalue weighted by atomic mass is 16.5. The van der Waals surface area contributed by atoms with Crippen molar-refractivity contribution < 1.29 is 4.74 Å². The first-order chi connectivity index (χ1) is 12.1. The predicted molar refractivity (Wildman–Crippen MR) is 93.9 cm³/mol. The molecule has 132 valence electrons. The van der Waals surface area contributed by atoms with Gasteiger partial charge in [0.05, 0.1) is 29.8 Å². The van der Waals surface area contributed by atoms with Crippen molar-refractivity contribution in [3.63, 3.8) is 0 Å². The number of nitrogens with zero attached hydrogens (tertiary/aromatic N) is 6. The van der Waals surface area contributed by atoms with Gasteiger partial charge in [0.2, 0.25) is 0 Å². The molecule has 0 amide bonds. The molecule has 1 aliphatic rings. The summed E-state index contributed by atoms with van der Waals surface area (Å²) in [7, 11) is 0. The van der Waals surface area contributed by atoms with Gasteiger partial charge in [-0.3, -0.25) is 9.69 Å². The summed E-state index contributed by atoms with van der Waals surface area (Å²) in [5.74, 6) is 1.18. The maximum atomic E-state index is 12.9. The molecule has 8 heteroatoms. The molecule has 25 heavy (non-hydrogen) atoms. The molecule has 8 nitrogen and oxygen atoms in total. The quantitative estimate of drug-likeness (QED) is 0.697. The van der Waals surface area contributed by atoms with Gasteiger partial charge in [-0.05, 0) is 26.3 Å². The van der Waals surface area contributed by atoms with Gasteiger partial charge >= 0.3 is 0 Å². The van der Waals surface area contributed by atoms with Gasteiger partial charge < -0.3 is 9.30 Å². The first-order valence-electron chi connectivity index (χ1n) is 8.67. The monoisotopic (exact) mass is 342 g/mol. The number of aryl methyl sites for hydroxylation is 3. The van der Waals surface area contributed by atoms with Crippen molar-refractivity contribution in [2.75, 3.05) is 32.8 Å². The molecular formula is C17H22N6O2. The molecule has 0 bridgehead atoms. The van der Waals surface area contributed by atoms with Gasteiger partial charge in [-0.2, -0.15) is 9.50 Å². The lowest BCUT2D eigenvalue weighted by Gasteiger charge is -2.26. The van der Waals surface area contributed by atoms with E-state index in [4.69, 9.17) is 4.74 Å². The average molecular weight is 342 g/mol. The van der Waals surface area contributed by atoms with E-state index < -0.39 is 0 Å². The minimum absolute atomic E-state index is 0.0143. The number of pyridine rings is 1. The summed E-state index contributed by atoms with van der Waals surface area (Å²) in [6, 6.07) is 1.93. The molecule has 1 fully saturated rings. The maximum Gasteiger partial charge on any atom is 0.261 e. The zero-order valence-corrected chi connectivity index (χ0v) is 14.6. The zero-order chi connectivity index (χ0) is 17.4. The third kappa shape index (κ3) is 3.03. The molecule has 3 aromatic rings. The fraction of sp³-hybridized carbons (Fsp3) is 0.529. The molecule has 3 aromatic heterocycles. The van der Waals surface area contributed by atoms with Crippen LogP contribution in [0.4, 0.5) is 0 Å². The maximum absolute atomic E-state index is 12.9. The Bertz CT molecular complexity index is 971. The van der Waals surface area contributed by atoms with Gasteiger partial charge in [0.15, 0.2) is 0 Å². The van der Waals surface area contributed by atoms with Crippen LogP contribution in [0.1, 0.15) is 17.9 Å². The van der Waals surface area contributed by atoms with E-state index in [1.54, 1.807) is 9.08 Å². The van der Waals surface area contributed by atoms with E-state index in [0.717, 1.165) is 44.8 Å². The number of fused-ring (bicyclic) bond motifs is 3. The van der Waals surface area contributed by atoms with Crippen molar-refractivity contribution in [3.05, 3.63) is 34.1 Å². The summed E-state index contributed by atoms with van der Waals surface area (Å²) in [6.07, 6.45) is 2.78. The molecule has 1 saturated heterocycles. The number of aromatic nitrogens is 5. The second-order valence-electron chi connectivity index (χ2n) is 6.45. The fourth-order valence-electron chi connectivity index (χ4n) is 3.39. The normalized spacial score (nSPS) is 16.1. The summed E-state index contributed by atoms with van der Waals surface area (Å²) >= 11 is 0. The summed E-state index contributed by atoms with van der Waals surface area (Å²) in [6.45, 7) is 8.89. The van der Waals surface area contributed by atoms with Crippen LogP contribution >= 0.6 is 0 Å². The van der Waals surface area contributed by atoms with E-state index in [9.17, 15) is 4.79 Å². The molecule has 0 saturated carbocycles. The van der Waals surface area contributed by atoms with Crippen molar-refractivity contribution in [2.24, 2.45) is 0 Å². The molecule has 4 rings (SSSR count). The largest absolute Gasteiger partial charge is 0.379 e. The smallest absolute Gasteiger partial charge is 0.261 e. The standard InChI is InChI=1S/C17H22N6O2/c1-12-15-14(23-17(18-12)19-13(2)20-23)4-7-22(16(15)24)6-3-5-21-8-10-25-11-9-21/h4,7H,3,5-6,8-11H2,1-2H3. The van der Waals surface area contributed by atoms with E-state index in [2.05, 4.69) is 20.0 Å². The van der Waals surface area contributed by atoms with Crippen molar-refractivity contribution in [2.45, 2.75) is 26.8 Å². The average Bonchev–Trinajstić information content (AvgIpc) is 2.97. The molecule has 1 aliphatic heterocycles. The zero-order valence-electron chi connectivity index (χ0n) is 14.6. The molecule has 0 unspecified atom stereocenters. The van der Waals surface area contributed by atoms with Crippen molar-refractivity contribution in [1.82, 2.24) is 29.0 Å². The molecule has 4 heterocycles. The molecule has 0 aliphatic carbocycles. The Morgan fingerprint density at radius 3 is 2.76 bits per heavy atom. The lowest BCUT2D eigenvalue weighted by Crippen LogP contribution is -2.37. The Kier molecular flexibility index (Phi) is 4.22. The number of rotatable bonds is 4. The number of morpholine rings is 1. The van der Waals surface area contributed by atoms with Gasteiger partial charge in [0, 0.05) is 32.4 Å². The fourth-order valence-corrected chi connectivity index (χ4v) is 3.39. The van der Waals surface area contributed by atoms with Gasteiger partial charge in [-0.15, -0.1) is 5.10 Å².